The molecule has 2 rings (SSSR count). The number of rotatable bonds is 2. The van der Waals surface area contributed by atoms with Gasteiger partial charge >= 0.3 is 0 Å². The highest BCUT2D eigenvalue weighted by Gasteiger charge is 2.18. The summed E-state index contributed by atoms with van der Waals surface area (Å²) in [6.07, 6.45) is 1.12. The van der Waals surface area contributed by atoms with Crippen LogP contribution < -0.4 is 0 Å². The second kappa shape index (κ2) is 7.39. The molecule has 1 aromatic carbocycles. The highest BCUT2D eigenvalue weighted by Crippen LogP contribution is 2.15. The van der Waals surface area contributed by atoms with Crippen molar-refractivity contribution in [3.8, 4) is 0 Å². The van der Waals surface area contributed by atoms with Crippen molar-refractivity contribution in [1.82, 2.24) is 4.90 Å². The average molecular weight is 223 g/mol. The van der Waals surface area contributed by atoms with E-state index in [2.05, 4.69) is 17.0 Å². The lowest BCUT2D eigenvalue weighted by atomic mass is 10.1. The summed E-state index contributed by atoms with van der Waals surface area (Å²) in [6.45, 7) is 6.53. The number of halogens is 1. The van der Waals surface area contributed by atoms with Gasteiger partial charge in [-0.05, 0) is 24.9 Å². The zero-order valence-electron chi connectivity index (χ0n) is 10.3. The van der Waals surface area contributed by atoms with Crippen LogP contribution in [0, 0.1) is 0 Å². The summed E-state index contributed by atoms with van der Waals surface area (Å²) in [7, 11) is 0. The minimum atomic E-state index is -0.618. The summed E-state index contributed by atoms with van der Waals surface area (Å²) >= 11 is 0. The van der Waals surface area contributed by atoms with Crippen molar-refractivity contribution in [3.63, 3.8) is 0 Å². The van der Waals surface area contributed by atoms with Gasteiger partial charge in [0.15, 0.2) is 0 Å². The lowest BCUT2D eigenvalue weighted by Crippen LogP contribution is -2.35. The first-order valence-corrected chi connectivity index (χ1v) is 6.25. The molecule has 1 atom stereocenters. The van der Waals surface area contributed by atoms with Crippen LogP contribution in [0.3, 0.4) is 0 Å². The van der Waals surface area contributed by atoms with Crippen molar-refractivity contribution in [2.75, 3.05) is 13.1 Å². The standard InChI is InChI=1S/C12H16FN.C2H6/c13-12-7-4-8-14(10-12)9-11-5-2-1-3-6-11;1-2/h1-3,5-6,12H,4,7-10H2;1-2H3. The van der Waals surface area contributed by atoms with E-state index in [9.17, 15) is 4.39 Å². The van der Waals surface area contributed by atoms with Gasteiger partial charge in [-0.1, -0.05) is 44.2 Å². The SMILES string of the molecule is CC.FC1CCCN(Cc2ccccc2)C1. The first-order chi connectivity index (χ1) is 7.84. The van der Waals surface area contributed by atoms with Crippen molar-refractivity contribution in [3.05, 3.63) is 35.9 Å². The van der Waals surface area contributed by atoms with Crippen LogP contribution in [0.4, 0.5) is 4.39 Å². The number of nitrogens with zero attached hydrogens (tertiary/aromatic N) is 1. The third kappa shape index (κ3) is 4.31. The Kier molecular flexibility index (Phi) is 6.09. The van der Waals surface area contributed by atoms with E-state index in [1.807, 2.05) is 32.0 Å². The van der Waals surface area contributed by atoms with E-state index < -0.39 is 6.17 Å². The van der Waals surface area contributed by atoms with E-state index in [4.69, 9.17) is 0 Å². The molecule has 2 heteroatoms. The van der Waals surface area contributed by atoms with Gasteiger partial charge in [0.05, 0.1) is 0 Å². The number of piperidine rings is 1. The molecule has 1 saturated heterocycles. The van der Waals surface area contributed by atoms with Gasteiger partial charge in [-0.2, -0.15) is 0 Å². The maximum absolute atomic E-state index is 13.1. The van der Waals surface area contributed by atoms with Crippen LogP contribution in [0.25, 0.3) is 0 Å². The molecule has 1 fully saturated rings. The molecule has 0 N–H and O–H groups in total. The maximum Gasteiger partial charge on any atom is 0.113 e. The first-order valence-electron chi connectivity index (χ1n) is 6.25. The molecule has 0 aromatic heterocycles. The molecular weight excluding hydrogens is 201 g/mol. The van der Waals surface area contributed by atoms with Gasteiger partial charge in [0.25, 0.3) is 0 Å². The van der Waals surface area contributed by atoms with Crippen LogP contribution in [0.15, 0.2) is 30.3 Å². The molecule has 1 heterocycles. The van der Waals surface area contributed by atoms with Crippen molar-refractivity contribution in [1.29, 1.82) is 0 Å². The van der Waals surface area contributed by atoms with Crippen LogP contribution in [-0.4, -0.2) is 24.2 Å². The Morgan fingerprint density at radius 3 is 2.56 bits per heavy atom. The van der Waals surface area contributed by atoms with Gasteiger partial charge in [0, 0.05) is 13.1 Å². The summed E-state index contributed by atoms with van der Waals surface area (Å²) in [6, 6.07) is 10.3. The number of alkyl halides is 1. The molecule has 1 nitrogen and oxygen atoms in total. The molecule has 0 saturated carbocycles. The zero-order chi connectivity index (χ0) is 11.8. The molecular formula is C14H22FN. The second-order valence-electron chi connectivity index (χ2n) is 3.96. The third-order valence-electron chi connectivity index (χ3n) is 2.70. The zero-order valence-corrected chi connectivity index (χ0v) is 10.3. The summed E-state index contributed by atoms with van der Waals surface area (Å²) < 4.78 is 13.1. The highest BCUT2D eigenvalue weighted by atomic mass is 19.1. The second-order valence-corrected chi connectivity index (χ2v) is 3.96. The van der Waals surface area contributed by atoms with E-state index in [-0.39, 0.29) is 0 Å². The summed E-state index contributed by atoms with van der Waals surface area (Å²) in [4.78, 5) is 2.20. The predicted molar refractivity (Wildman–Crippen MR) is 67.2 cm³/mol. The van der Waals surface area contributed by atoms with Gasteiger partial charge in [-0.15, -0.1) is 0 Å². The van der Waals surface area contributed by atoms with Gasteiger partial charge in [0.1, 0.15) is 6.17 Å². The van der Waals surface area contributed by atoms with Crippen LogP contribution in [0.5, 0.6) is 0 Å². The molecule has 16 heavy (non-hydrogen) atoms. The smallest absolute Gasteiger partial charge is 0.113 e. The maximum atomic E-state index is 13.1. The molecule has 90 valence electrons. The van der Waals surface area contributed by atoms with E-state index >= 15 is 0 Å². The van der Waals surface area contributed by atoms with Gasteiger partial charge in [-0.3, -0.25) is 4.90 Å². The van der Waals surface area contributed by atoms with Crippen molar-refractivity contribution < 1.29 is 4.39 Å². The summed E-state index contributed by atoms with van der Waals surface area (Å²) in [5.74, 6) is 0. The summed E-state index contributed by atoms with van der Waals surface area (Å²) in [5.41, 5.74) is 1.28. The predicted octanol–water partition coefficient (Wildman–Crippen LogP) is 3.65. The van der Waals surface area contributed by atoms with E-state index in [1.165, 1.54) is 5.56 Å². The third-order valence-corrected chi connectivity index (χ3v) is 2.70. The first kappa shape index (κ1) is 13.2. The van der Waals surface area contributed by atoms with E-state index in [0.29, 0.717) is 6.54 Å². The molecule has 1 aliphatic heterocycles. The molecule has 1 aliphatic rings. The Morgan fingerprint density at radius 2 is 1.94 bits per heavy atom. The Bertz CT molecular complexity index is 273. The van der Waals surface area contributed by atoms with Crippen LogP contribution in [0.2, 0.25) is 0 Å². The molecule has 0 amide bonds. The Balaban J connectivity index is 0.000000606. The van der Waals surface area contributed by atoms with Gasteiger partial charge < -0.3 is 0 Å². The normalized spacial score (nSPS) is 21.1. The van der Waals surface area contributed by atoms with Crippen LogP contribution >= 0.6 is 0 Å². The summed E-state index contributed by atoms with van der Waals surface area (Å²) in [5, 5.41) is 0. The van der Waals surface area contributed by atoms with Crippen molar-refractivity contribution >= 4 is 0 Å². The Morgan fingerprint density at radius 1 is 1.25 bits per heavy atom. The fraction of sp³-hybridized carbons (Fsp3) is 0.571. The average Bonchev–Trinajstić information content (AvgIpc) is 2.33. The molecule has 0 bridgehead atoms. The topological polar surface area (TPSA) is 3.24 Å². The number of benzene rings is 1. The fourth-order valence-electron chi connectivity index (χ4n) is 1.98. The van der Waals surface area contributed by atoms with Gasteiger partial charge in [0.2, 0.25) is 0 Å². The van der Waals surface area contributed by atoms with Crippen molar-refractivity contribution in [2.45, 2.75) is 39.4 Å². The Labute approximate surface area is 98.3 Å². The van der Waals surface area contributed by atoms with Crippen LogP contribution in [-0.2, 0) is 6.54 Å². The quantitative estimate of drug-likeness (QED) is 0.739. The van der Waals surface area contributed by atoms with Gasteiger partial charge in [-0.25, -0.2) is 4.39 Å². The minimum Gasteiger partial charge on any atom is -0.296 e. The lowest BCUT2D eigenvalue weighted by Gasteiger charge is -2.28. The Hall–Kier alpha value is -0.890. The highest BCUT2D eigenvalue weighted by molar-refractivity contribution is 5.14. The van der Waals surface area contributed by atoms with Crippen LogP contribution in [0.1, 0.15) is 32.3 Å². The number of likely N-dealkylation sites (tertiary alicyclic amines) is 1. The molecule has 1 unspecified atom stereocenters. The van der Waals surface area contributed by atoms with E-state index in [0.717, 1.165) is 25.9 Å². The number of hydrogen-bond acceptors (Lipinski definition) is 1. The molecule has 0 aliphatic carbocycles. The molecule has 0 radical (unpaired) electrons. The molecule has 1 aromatic rings. The fourth-order valence-corrected chi connectivity index (χ4v) is 1.98. The largest absolute Gasteiger partial charge is 0.296 e. The monoisotopic (exact) mass is 223 g/mol. The van der Waals surface area contributed by atoms with E-state index in [1.54, 1.807) is 0 Å². The number of hydrogen-bond donors (Lipinski definition) is 0. The molecule has 0 spiro atoms. The lowest BCUT2D eigenvalue weighted by molar-refractivity contribution is 0.133. The minimum absolute atomic E-state index is 0.606. The van der Waals surface area contributed by atoms with Crippen molar-refractivity contribution in [2.24, 2.45) is 0 Å².